The number of piperidine rings is 1. The Bertz CT molecular complexity index is 355. The Morgan fingerprint density at radius 2 is 1.89 bits per heavy atom. The van der Waals surface area contributed by atoms with Crippen LogP contribution in [0.5, 0.6) is 0 Å². The van der Waals surface area contributed by atoms with Crippen molar-refractivity contribution in [2.75, 3.05) is 19.0 Å². The molecule has 2 atom stereocenters. The minimum atomic E-state index is -0.462. The predicted molar refractivity (Wildman–Crippen MR) is 67.4 cm³/mol. The lowest BCUT2D eigenvalue weighted by molar-refractivity contribution is -0.119. The van der Waals surface area contributed by atoms with E-state index in [1.54, 1.807) is 4.90 Å². The van der Waals surface area contributed by atoms with Gasteiger partial charge in [-0.1, -0.05) is 0 Å². The Kier molecular flexibility index (Phi) is 3.45. The molecule has 5 nitrogen and oxygen atoms in total. The maximum absolute atomic E-state index is 11.8. The Hall–Kier alpha value is -0.970. The second kappa shape index (κ2) is 4.61. The van der Waals surface area contributed by atoms with E-state index in [4.69, 9.17) is 16.3 Å². The number of amides is 2. The molecule has 102 valence electrons. The Labute approximate surface area is 112 Å². The molecule has 0 aromatic carbocycles. The van der Waals surface area contributed by atoms with Gasteiger partial charge in [-0.3, -0.25) is 4.79 Å². The van der Waals surface area contributed by atoms with Gasteiger partial charge in [0.05, 0.1) is 0 Å². The van der Waals surface area contributed by atoms with Crippen molar-refractivity contribution in [2.45, 2.75) is 32.4 Å². The van der Waals surface area contributed by atoms with Gasteiger partial charge in [-0.25, -0.2) is 4.79 Å². The number of halogens is 1. The lowest BCUT2D eigenvalue weighted by Gasteiger charge is -2.26. The van der Waals surface area contributed by atoms with E-state index in [0.717, 1.165) is 0 Å². The fourth-order valence-corrected chi connectivity index (χ4v) is 2.52. The van der Waals surface area contributed by atoms with Gasteiger partial charge in [0.1, 0.15) is 11.5 Å². The molecule has 1 aliphatic heterocycles. The van der Waals surface area contributed by atoms with Crippen molar-refractivity contribution in [3.8, 4) is 0 Å². The summed E-state index contributed by atoms with van der Waals surface area (Å²) in [5, 5.41) is 2.86. The van der Waals surface area contributed by atoms with Crippen molar-refractivity contribution in [3.63, 3.8) is 0 Å². The smallest absolute Gasteiger partial charge is 0.410 e. The normalized spacial score (nSPS) is 29.8. The van der Waals surface area contributed by atoms with Crippen molar-refractivity contribution < 1.29 is 14.3 Å². The summed E-state index contributed by atoms with van der Waals surface area (Å²) >= 11 is 5.44. The summed E-state index contributed by atoms with van der Waals surface area (Å²) in [4.78, 5) is 24.7. The van der Waals surface area contributed by atoms with E-state index in [-0.39, 0.29) is 23.9 Å². The van der Waals surface area contributed by atoms with Crippen molar-refractivity contribution >= 4 is 23.6 Å². The van der Waals surface area contributed by atoms with Gasteiger partial charge in [0.15, 0.2) is 0 Å². The summed E-state index contributed by atoms with van der Waals surface area (Å²) < 4.78 is 5.31. The van der Waals surface area contributed by atoms with Crippen LogP contribution in [0.4, 0.5) is 4.79 Å². The zero-order valence-electron chi connectivity index (χ0n) is 10.9. The number of fused-ring (bicyclic) bond motifs is 1. The molecule has 6 heteroatoms. The zero-order chi connectivity index (χ0) is 13.5. The minimum absolute atomic E-state index is 0.00821. The van der Waals surface area contributed by atoms with Crippen LogP contribution < -0.4 is 5.32 Å². The topological polar surface area (TPSA) is 58.6 Å². The number of rotatable bonds is 2. The molecule has 0 radical (unpaired) electrons. The number of alkyl halides is 1. The summed E-state index contributed by atoms with van der Waals surface area (Å²) in [6.07, 6.45) is -0.267. The van der Waals surface area contributed by atoms with Crippen molar-refractivity contribution in [2.24, 2.45) is 11.8 Å². The van der Waals surface area contributed by atoms with Crippen molar-refractivity contribution in [1.29, 1.82) is 0 Å². The molecule has 1 N–H and O–H groups in total. The van der Waals surface area contributed by atoms with E-state index in [9.17, 15) is 9.59 Å². The molecule has 2 fully saturated rings. The molecule has 1 saturated heterocycles. The second-order valence-corrected chi connectivity index (χ2v) is 6.21. The zero-order valence-corrected chi connectivity index (χ0v) is 11.7. The van der Waals surface area contributed by atoms with E-state index in [2.05, 4.69) is 5.32 Å². The molecule has 0 spiro atoms. The molecular formula is C12H19ClN2O3. The first-order valence-corrected chi connectivity index (χ1v) is 6.68. The van der Waals surface area contributed by atoms with Gasteiger partial charge in [0.2, 0.25) is 5.91 Å². The molecule has 2 amide bonds. The lowest BCUT2D eigenvalue weighted by atomic mass is 10.2. The van der Waals surface area contributed by atoms with Crippen LogP contribution in [0.2, 0.25) is 0 Å². The van der Waals surface area contributed by atoms with Crippen molar-refractivity contribution in [3.05, 3.63) is 0 Å². The summed E-state index contributed by atoms with van der Waals surface area (Å²) in [6, 6.07) is 0.190. The number of ether oxygens (including phenoxy) is 1. The first-order chi connectivity index (χ1) is 8.31. The maximum Gasteiger partial charge on any atom is 0.410 e. The fraction of sp³-hybridized carbons (Fsp3) is 0.833. The maximum atomic E-state index is 11.8. The molecule has 2 aliphatic rings. The average Bonchev–Trinajstić information content (AvgIpc) is 2.73. The van der Waals surface area contributed by atoms with Gasteiger partial charge in [0.25, 0.3) is 0 Å². The molecule has 1 aliphatic carbocycles. The third-order valence-electron chi connectivity index (χ3n) is 3.29. The van der Waals surface area contributed by atoms with E-state index < -0.39 is 5.60 Å². The van der Waals surface area contributed by atoms with Gasteiger partial charge in [-0.05, 0) is 20.8 Å². The number of likely N-dealkylation sites (tertiary alicyclic amines) is 1. The number of hydrogen-bond acceptors (Lipinski definition) is 3. The molecule has 0 aromatic heterocycles. The Morgan fingerprint density at radius 1 is 1.33 bits per heavy atom. The average molecular weight is 275 g/mol. The number of carbonyl (C=O) groups is 2. The monoisotopic (exact) mass is 274 g/mol. The number of hydrogen-bond donors (Lipinski definition) is 1. The second-order valence-electron chi connectivity index (χ2n) is 5.94. The highest BCUT2D eigenvalue weighted by Gasteiger charge is 2.57. The molecule has 1 saturated carbocycles. The van der Waals surface area contributed by atoms with Gasteiger partial charge < -0.3 is 15.0 Å². The highest BCUT2D eigenvalue weighted by Crippen LogP contribution is 2.45. The summed E-state index contributed by atoms with van der Waals surface area (Å²) in [5.41, 5.74) is -0.462. The van der Waals surface area contributed by atoms with E-state index in [0.29, 0.717) is 24.9 Å². The number of nitrogens with one attached hydrogen (secondary N) is 1. The minimum Gasteiger partial charge on any atom is -0.444 e. The Morgan fingerprint density at radius 3 is 2.33 bits per heavy atom. The molecule has 0 aromatic rings. The van der Waals surface area contributed by atoms with Crippen LogP contribution in [0, 0.1) is 11.8 Å². The highest BCUT2D eigenvalue weighted by atomic mass is 35.5. The summed E-state index contributed by atoms with van der Waals surface area (Å²) in [5.74, 6) is 0.584. The number of nitrogens with zero attached hydrogens (tertiary/aromatic N) is 1. The predicted octanol–water partition coefficient (Wildman–Crippen LogP) is 1.21. The molecular weight excluding hydrogens is 256 g/mol. The molecule has 2 unspecified atom stereocenters. The van der Waals surface area contributed by atoms with Crippen LogP contribution in [0.1, 0.15) is 20.8 Å². The third-order valence-corrected chi connectivity index (χ3v) is 3.54. The van der Waals surface area contributed by atoms with Crippen molar-refractivity contribution in [1.82, 2.24) is 10.2 Å². The van der Waals surface area contributed by atoms with Gasteiger partial charge >= 0.3 is 6.09 Å². The first-order valence-electron chi connectivity index (χ1n) is 6.15. The largest absolute Gasteiger partial charge is 0.444 e. The van der Waals surface area contributed by atoms with Crippen LogP contribution in [-0.4, -0.2) is 47.5 Å². The summed E-state index contributed by atoms with van der Waals surface area (Å²) in [7, 11) is 0. The van der Waals surface area contributed by atoms with E-state index >= 15 is 0 Å². The summed E-state index contributed by atoms with van der Waals surface area (Å²) in [6.45, 7) is 6.88. The third kappa shape index (κ3) is 2.88. The van der Waals surface area contributed by atoms with Crippen LogP contribution in [0.25, 0.3) is 0 Å². The van der Waals surface area contributed by atoms with Crippen LogP contribution in [0.15, 0.2) is 0 Å². The number of carbonyl (C=O) groups excluding carboxylic acids is 2. The fourth-order valence-electron chi connectivity index (χ4n) is 2.44. The highest BCUT2D eigenvalue weighted by molar-refractivity contribution is 6.27. The molecule has 0 bridgehead atoms. The molecule has 18 heavy (non-hydrogen) atoms. The standard InChI is InChI=1S/C12H19ClN2O3/c1-12(2,3)18-11(17)15-5-7-8(6-15)10(7)14-9(16)4-13/h7-8,10H,4-6H2,1-3H3,(H,14,16). The SMILES string of the molecule is CC(C)(C)OC(=O)N1CC2C(C1)C2NC(=O)CCl. The van der Waals surface area contributed by atoms with Crippen LogP contribution in [0.3, 0.4) is 0 Å². The van der Waals surface area contributed by atoms with Gasteiger partial charge in [-0.15, -0.1) is 11.6 Å². The van der Waals surface area contributed by atoms with E-state index in [1.165, 1.54) is 0 Å². The molecule has 1 heterocycles. The van der Waals surface area contributed by atoms with E-state index in [1.807, 2.05) is 20.8 Å². The van der Waals surface area contributed by atoms with Gasteiger partial charge in [-0.2, -0.15) is 0 Å². The van der Waals surface area contributed by atoms with Crippen LogP contribution in [-0.2, 0) is 9.53 Å². The van der Waals surface area contributed by atoms with Gasteiger partial charge in [0, 0.05) is 31.0 Å². The quantitative estimate of drug-likeness (QED) is 0.770. The first kappa shape index (κ1) is 13.5. The Balaban J connectivity index is 1.77. The lowest BCUT2D eigenvalue weighted by Crippen LogP contribution is -2.40. The molecule has 2 rings (SSSR count). The van der Waals surface area contributed by atoms with Crippen LogP contribution >= 0.6 is 11.6 Å².